The topological polar surface area (TPSA) is 89.6 Å². The molecule has 0 bridgehead atoms. The van der Waals surface area contributed by atoms with Crippen LogP contribution in [0.3, 0.4) is 0 Å². The van der Waals surface area contributed by atoms with Gasteiger partial charge in [0.25, 0.3) is 11.5 Å². The Bertz CT molecular complexity index is 860. The van der Waals surface area contributed by atoms with Crippen LogP contribution in [0.5, 0.6) is 5.75 Å². The van der Waals surface area contributed by atoms with E-state index >= 15 is 0 Å². The first kappa shape index (κ1) is 21.2. The molecule has 1 aromatic carbocycles. The Kier molecular flexibility index (Phi) is 7.24. The second kappa shape index (κ2) is 9.21. The third-order valence-corrected chi connectivity index (χ3v) is 5.06. The summed E-state index contributed by atoms with van der Waals surface area (Å²) in [6.45, 7) is 3.24. The van der Waals surface area contributed by atoms with Crippen LogP contribution in [-0.2, 0) is 6.54 Å². The minimum absolute atomic E-state index is 0. The summed E-state index contributed by atoms with van der Waals surface area (Å²) < 4.78 is 7.03. The number of halogens is 1. The van der Waals surface area contributed by atoms with Gasteiger partial charge in [-0.1, -0.05) is 0 Å². The number of hydrogen-bond donors (Lipinski definition) is 2. The zero-order chi connectivity index (χ0) is 18.7. The molecule has 1 saturated heterocycles. The Hall–Kier alpha value is -2.09. The normalized spacial score (nSPS) is 15.4. The Morgan fingerprint density at radius 3 is 2.59 bits per heavy atom. The fraction of sp³-hybridized carbons (Fsp3) is 0.474. The number of carbonyl (C=O) groups is 1. The van der Waals surface area contributed by atoms with Gasteiger partial charge >= 0.3 is 0 Å². The number of nitrogens with one attached hydrogen (secondary N) is 1. The van der Waals surface area contributed by atoms with Crippen LogP contribution in [0, 0.1) is 0 Å². The minimum Gasteiger partial charge on any atom is -0.497 e. The highest BCUT2D eigenvalue weighted by Crippen LogP contribution is 2.23. The van der Waals surface area contributed by atoms with Crippen LogP contribution in [0.2, 0.25) is 0 Å². The van der Waals surface area contributed by atoms with Crippen molar-refractivity contribution in [2.45, 2.75) is 25.4 Å². The number of amides is 1. The molecule has 3 N–H and O–H groups in total. The van der Waals surface area contributed by atoms with E-state index in [2.05, 4.69) is 10.2 Å². The molecule has 2 heterocycles. The molecule has 0 atom stereocenters. The van der Waals surface area contributed by atoms with Crippen LogP contribution in [0.15, 0.2) is 29.1 Å². The maximum absolute atomic E-state index is 12.7. The van der Waals surface area contributed by atoms with Gasteiger partial charge < -0.3 is 25.3 Å². The van der Waals surface area contributed by atoms with Gasteiger partial charge in [0.2, 0.25) is 0 Å². The lowest BCUT2D eigenvalue weighted by Gasteiger charge is -2.30. The predicted molar refractivity (Wildman–Crippen MR) is 109 cm³/mol. The van der Waals surface area contributed by atoms with E-state index in [4.69, 9.17) is 10.5 Å². The molecule has 0 aliphatic carbocycles. The van der Waals surface area contributed by atoms with E-state index in [1.807, 2.05) is 12.1 Å². The Labute approximate surface area is 164 Å². The number of nitrogens with zero attached hydrogens (tertiary/aromatic N) is 2. The summed E-state index contributed by atoms with van der Waals surface area (Å²) >= 11 is 0. The van der Waals surface area contributed by atoms with Gasteiger partial charge in [-0.2, -0.15) is 0 Å². The molecular weight excluding hydrogens is 368 g/mol. The van der Waals surface area contributed by atoms with E-state index in [-0.39, 0.29) is 29.9 Å². The number of aromatic nitrogens is 1. The molecule has 148 valence electrons. The first-order valence-electron chi connectivity index (χ1n) is 8.95. The highest BCUT2D eigenvalue weighted by atomic mass is 35.5. The third-order valence-electron chi connectivity index (χ3n) is 5.06. The maximum Gasteiger partial charge on any atom is 0.251 e. The molecule has 1 fully saturated rings. The molecule has 1 aromatic heterocycles. The van der Waals surface area contributed by atoms with Crippen molar-refractivity contribution in [2.75, 3.05) is 33.8 Å². The maximum atomic E-state index is 12.7. The summed E-state index contributed by atoms with van der Waals surface area (Å²) in [6.07, 6.45) is 1.97. The number of pyridine rings is 1. The zero-order valence-corrected chi connectivity index (χ0v) is 16.6. The van der Waals surface area contributed by atoms with Gasteiger partial charge in [-0.05, 0) is 38.1 Å². The molecule has 8 heteroatoms. The number of hydrogen-bond acceptors (Lipinski definition) is 5. The first-order valence-corrected chi connectivity index (χ1v) is 8.95. The van der Waals surface area contributed by atoms with Crippen LogP contribution >= 0.6 is 12.4 Å². The standard InChI is InChI=1S/C19H26N4O3.ClH/c1-21-19(25)16-12-18(24)23(10-9-22-7-5-13(20)6-8-22)17-11-14(26-2)3-4-15(16)17;/h3-4,11-13H,5-10,20H2,1-2H3,(H,21,25);1H. The zero-order valence-electron chi connectivity index (χ0n) is 15.7. The van der Waals surface area contributed by atoms with Gasteiger partial charge in [0.1, 0.15) is 5.75 Å². The molecule has 7 nitrogen and oxygen atoms in total. The average molecular weight is 395 g/mol. The SMILES string of the molecule is CNC(=O)c1cc(=O)n(CCN2CCC(N)CC2)c2cc(OC)ccc12.Cl. The van der Waals surface area contributed by atoms with Crippen molar-refractivity contribution in [3.05, 3.63) is 40.2 Å². The van der Waals surface area contributed by atoms with Crippen molar-refractivity contribution in [3.8, 4) is 5.75 Å². The average Bonchev–Trinajstić information content (AvgIpc) is 2.67. The number of fused-ring (bicyclic) bond motifs is 1. The van der Waals surface area contributed by atoms with Crippen molar-refractivity contribution in [3.63, 3.8) is 0 Å². The molecule has 1 aliphatic heterocycles. The van der Waals surface area contributed by atoms with Crippen LogP contribution in [0.25, 0.3) is 10.9 Å². The number of piperidine rings is 1. The lowest BCUT2D eigenvalue weighted by Crippen LogP contribution is -2.41. The number of likely N-dealkylation sites (tertiary alicyclic amines) is 1. The van der Waals surface area contributed by atoms with E-state index in [0.29, 0.717) is 23.4 Å². The van der Waals surface area contributed by atoms with E-state index in [1.54, 1.807) is 24.8 Å². The van der Waals surface area contributed by atoms with Crippen molar-refractivity contribution < 1.29 is 9.53 Å². The minimum atomic E-state index is -0.269. The summed E-state index contributed by atoms with van der Waals surface area (Å²) in [6, 6.07) is 7.14. The predicted octanol–water partition coefficient (Wildman–Crippen LogP) is 1.21. The summed E-state index contributed by atoms with van der Waals surface area (Å²) in [5.41, 5.74) is 6.87. The number of rotatable bonds is 5. The van der Waals surface area contributed by atoms with Gasteiger partial charge in [0.05, 0.1) is 18.2 Å². The summed E-state index contributed by atoms with van der Waals surface area (Å²) in [7, 11) is 3.15. The third kappa shape index (κ3) is 4.61. The van der Waals surface area contributed by atoms with Gasteiger partial charge in [-0.15, -0.1) is 12.4 Å². The van der Waals surface area contributed by atoms with Crippen molar-refractivity contribution in [1.29, 1.82) is 0 Å². The van der Waals surface area contributed by atoms with Gasteiger partial charge in [-0.3, -0.25) is 9.59 Å². The number of ether oxygens (including phenoxy) is 1. The highest BCUT2D eigenvalue weighted by molar-refractivity contribution is 6.06. The fourth-order valence-corrected chi connectivity index (χ4v) is 3.46. The quantitative estimate of drug-likeness (QED) is 0.795. The number of carbonyl (C=O) groups excluding carboxylic acids is 1. The second-order valence-electron chi connectivity index (χ2n) is 6.69. The first-order chi connectivity index (χ1) is 12.5. The molecule has 27 heavy (non-hydrogen) atoms. The number of methoxy groups -OCH3 is 1. The van der Waals surface area contributed by atoms with E-state index in [0.717, 1.165) is 37.9 Å². The van der Waals surface area contributed by atoms with Crippen molar-refractivity contribution in [2.24, 2.45) is 5.73 Å². The molecular formula is C19H27ClN4O3. The van der Waals surface area contributed by atoms with Gasteiger partial charge in [-0.25, -0.2) is 0 Å². The molecule has 0 radical (unpaired) electrons. The molecule has 0 saturated carbocycles. The Morgan fingerprint density at radius 2 is 1.96 bits per heavy atom. The number of benzene rings is 1. The summed E-state index contributed by atoms with van der Waals surface area (Å²) in [4.78, 5) is 27.2. The van der Waals surface area contributed by atoms with Crippen LogP contribution in [-0.4, -0.2) is 55.2 Å². The van der Waals surface area contributed by atoms with Crippen LogP contribution in [0.1, 0.15) is 23.2 Å². The highest BCUT2D eigenvalue weighted by Gasteiger charge is 2.18. The second-order valence-corrected chi connectivity index (χ2v) is 6.69. The van der Waals surface area contributed by atoms with E-state index < -0.39 is 0 Å². The molecule has 0 unspecified atom stereocenters. The fourth-order valence-electron chi connectivity index (χ4n) is 3.46. The Morgan fingerprint density at radius 1 is 1.26 bits per heavy atom. The lowest BCUT2D eigenvalue weighted by atomic mass is 10.1. The summed E-state index contributed by atoms with van der Waals surface area (Å²) in [5, 5.41) is 3.34. The monoisotopic (exact) mass is 394 g/mol. The number of nitrogens with two attached hydrogens (primary N) is 1. The van der Waals surface area contributed by atoms with Crippen molar-refractivity contribution >= 4 is 29.2 Å². The molecule has 1 amide bonds. The largest absolute Gasteiger partial charge is 0.497 e. The smallest absolute Gasteiger partial charge is 0.251 e. The Balaban J connectivity index is 0.00000261. The van der Waals surface area contributed by atoms with Gasteiger partial charge in [0, 0.05) is 43.7 Å². The lowest BCUT2D eigenvalue weighted by molar-refractivity contribution is 0.0964. The van der Waals surface area contributed by atoms with Crippen molar-refractivity contribution in [1.82, 2.24) is 14.8 Å². The molecule has 3 rings (SSSR count). The van der Waals surface area contributed by atoms with Gasteiger partial charge in [0.15, 0.2) is 0 Å². The van der Waals surface area contributed by atoms with Crippen LogP contribution in [0.4, 0.5) is 0 Å². The van der Waals surface area contributed by atoms with Crippen LogP contribution < -0.4 is 21.3 Å². The molecule has 2 aromatic rings. The van der Waals surface area contributed by atoms with E-state index in [1.165, 1.54) is 6.07 Å². The summed E-state index contributed by atoms with van der Waals surface area (Å²) in [5.74, 6) is 0.387. The molecule has 0 spiro atoms. The molecule has 1 aliphatic rings. The van der Waals surface area contributed by atoms with E-state index in [9.17, 15) is 9.59 Å².